The fourth-order valence-corrected chi connectivity index (χ4v) is 8.57. The number of likely N-dealkylation sites (N-methyl/N-ethyl adjacent to an activating group) is 1. The molecule has 2 fully saturated rings. The quantitative estimate of drug-likeness (QED) is 0.595. The summed E-state index contributed by atoms with van der Waals surface area (Å²) in [5.74, 6) is -0.768. The Labute approximate surface area is 220 Å². The summed E-state index contributed by atoms with van der Waals surface area (Å²) in [6.45, 7) is 8.28. The minimum Gasteiger partial charge on any atom is -0.326 e. The summed E-state index contributed by atoms with van der Waals surface area (Å²) < 4.78 is 55.7. The summed E-state index contributed by atoms with van der Waals surface area (Å²) >= 11 is 0. The third-order valence-corrected chi connectivity index (χ3v) is 11.3. The molecule has 0 saturated carbocycles. The lowest BCUT2D eigenvalue weighted by Gasteiger charge is -2.32. The number of hydrogen-bond donors (Lipinski definition) is 1. The lowest BCUT2D eigenvalue weighted by Crippen LogP contribution is -2.47. The lowest BCUT2D eigenvalue weighted by molar-refractivity contribution is -0.120. The molecule has 1 N–H and O–H groups in total. The summed E-state index contributed by atoms with van der Waals surface area (Å²) in [5.41, 5.74) is 2.89. The van der Waals surface area contributed by atoms with Crippen LogP contribution in [-0.4, -0.2) is 82.6 Å². The monoisotopic (exact) mass is 548 g/mol. The van der Waals surface area contributed by atoms with Crippen molar-refractivity contribution in [3.63, 3.8) is 0 Å². The van der Waals surface area contributed by atoms with Crippen molar-refractivity contribution < 1.29 is 21.6 Å². The third-order valence-electron chi connectivity index (χ3n) is 7.18. The molecule has 0 spiro atoms. The van der Waals surface area contributed by atoms with Crippen molar-refractivity contribution in [2.24, 2.45) is 5.92 Å². The molecule has 0 radical (unpaired) electrons. The Morgan fingerprint density at radius 2 is 1.43 bits per heavy atom. The average Bonchev–Trinajstić information content (AvgIpc) is 2.84. The van der Waals surface area contributed by atoms with Crippen molar-refractivity contribution in [1.29, 1.82) is 0 Å². The Balaban J connectivity index is 1.43. The topological polar surface area (TPSA) is 107 Å². The largest absolute Gasteiger partial charge is 0.326 e. The molecule has 0 aromatic heterocycles. The number of piperazine rings is 1. The first-order chi connectivity index (χ1) is 17.4. The number of aryl methyl sites for hydroxylation is 3. The summed E-state index contributed by atoms with van der Waals surface area (Å²) in [5, 5.41) is 2.84. The summed E-state index contributed by atoms with van der Waals surface area (Å²) in [6.07, 6.45) is 1.17. The molecule has 11 heteroatoms. The molecule has 202 valence electrons. The second kappa shape index (κ2) is 10.8. The number of sulfonamides is 2. The first-order valence-corrected chi connectivity index (χ1v) is 15.5. The summed E-state index contributed by atoms with van der Waals surface area (Å²) in [4.78, 5) is 15.6. The Morgan fingerprint density at radius 1 is 0.838 bits per heavy atom. The van der Waals surface area contributed by atoms with Crippen LogP contribution < -0.4 is 5.32 Å². The van der Waals surface area contributed by atoms with E-state index in [0.29, 0.717) is 67.3 Å². The molecule has 1 amide bonds. The maximum atomic E-state index is 13.5. The van der Waals surface area contributed by atoms with E-state index in [0.717, 1.165) is 5.56 Å². The van der Waals surface area contributed by atoms with E-state index >= 15 is 0 Å². The Morgan fingerprint density at radius 3 is 2.03 bits per heavy atom. The molecule has 37 heavy (non-hydrogen) atoms. The van der Waals surface area contributed by atoms with Gasteiger partial charge in [-0.1, -0.05) is 17.7 Å². The van der Waals surface area contributed by atoms with E-state index in [2.05, 4.69) is 10.2 Å². The average molecular weight is 549 g/mol. The normalized spacial score (nSPS) is 20.6. The van der Waals surface area contributed by atoms with Gasteiger partial charge in [0.25, 0.3) is 0 Å². The van der Waals surface area contributed by atoms with Crippen molar-refractivity contribution in [2.45, 2.75) is 43.4 Å². The number of benzene rings is 2. The van der Waals surface area contributed by atoms with E-state index in [4.69, 9.17) is 0 Å². The maximum absolute atomic E-state index is 13.5. The van der Waals surface area contributed by atoms with Crippen LogP contribution in [0.4, 0.5) is 5.69 Å². The van der Waals surface area contributed by atoms with E-state index in [1.54, 1.807) is 26.0 Å². The van der Waals surface area contributed by atoms with Gasteiger partial charge in [-0.25, -0.2) is 16.8 Å². The van der Waals surface area contributed by atoms with Crippen LogP contribution in [0.5, 0.6) is 0 Å². The summed E-state index contributed by atoms with van der Waals surface area (Å²) in [7, 11) is -5.36. The van der Waals surface area contributed by atoms with Crippen LogP contribution >= 0.6 is 0 Å². The molecule has 2 aliphatic rings. The van der Waals surface area contributed by atoms with Gasteiger partial charge in [0.15, 0.2) is 0 Å². The smallest absolute Gasteiger partial charge is 0.243 e. The van der Waals surface area contributed by atoms with Crippen molar-refractivity contribution in [3.8, 4) is 0 Å². The minimum atomic E-state index is -3.74. The first kappa shape index (κ1) is 27.7. The molecule has 4 rings (SSSR count). The van der Waals surface area contributed by atoms with Gasteiger partial charge in [-0.05, 0) is 76.1 Å². The van der Waals surface area contributed by atoms with Crippen molar-refractivity contribution in [2.75, 3.05) is 51.6 Å². The van der Waals surface area contributed by atoms with E-state index in [-0.39, 0.29) is 17.3 Å². The number of nitrogens with one attached hydrogen (secondary N) is 1. The molecule has 0 bridgehead atoms. The minimum absolute atomic E-state index is 0.108. The van der Waals surface area contributed by atoms with Crippen molar-refractivity contribution >= 4 is 31.6 Å². The molecule has 0 aliphatic carbocycles. The molecule has 9 nitrogen and oxygen atoms in total. The van der Waals surface area contributed by atoms with E-state index in [9.17, 15) is 21.6 Å². The fraction of sp³-hybridized carbons (Fsp3) is 0.500. The van der Waals surface area contributed by atoms with Crippen LogP contribution in [0, 0.1) is 26.7 Å². The first-order valence-electron chi connectivity index (χ1n) is 12.6. The molecule has 2 aromatic rings. The highest BCUT2D eigenvalue weighted by Crippen LogP contribution is 2.29. The molecular formula is C26H36N4O5S2. The number of amides is 1. The molecule has 1 atom stereocenters. The lowest BCUT2D eigenvalue weighted by atomic mass is 9.99. The Kier molecular flexibility index (Phi) is 8.10. The molecule has 2 aliphatic heterocycles. The number of carbonyl (C=O) groups excluding carboxylic acids is 1. The van der Waals surface area contributed by atoms with Gasteiger partial charge in [0, 0.05) is 45.0 Å². The molecule has 2 saturated heterocycles. The summed E-state index contributed by atoms with van der Waals surface area (Å²) in [6, 6.07) is 9.89. The number of carbonyl (C=O) groups is 1. The second-order valence-electron chi connectivity index (χ2n) is 10.2. The van der Waals surface area contributed by atoms with Gasteiger partial charge in [0.05, 0.1) is 15.7 Å². The molecule has 1 unspecified atom stereocenters. The molecule has 2 aromatic carbocycles. The van der Waals surface area contributed by atoms with Crippen molar-refractivity contribution in [3.05, 3.63) is 53.1 Å². The predicted octanol–water partition coefficient (Wildman–Crippen LogP) is 2.59. The van der Waals surface area contributed by atoms with Crippen LogP contribution in [0.3, 0.4) is 0 Å². The molecular weight excluding hydrogens is 512 g/mol. The number of rotatable bonds is 6. The fourth-order valence-electron chi connectivity index (χ4n) is 5.21. The number of nitrogens with zero attached hydrogens (tertiary/aromatic N) is 3. The zero-order valence-corrected chi connectivity index (χ0v) is 23.5. The van der Waals surface area contributed by atoms with Crippen molar-refractivity contribution in [1.82, 2.24) is 13.5 Å². The van der Waals surface area contributed by atoms with E-state index in [1.807, 2.05) is 26.1 Å². The predicted molar refractivity (Wildman–Crippen MR) is 143 cm³/mol. The number of hydrogen-bond acceptors (Lipinski definition) is 6. The third kappa shape index (κ3) is 5.91. The Hall–Kier alpha value is -2.31. The van der Waals surface area contributed by atoms with Crippen LogP contribution in [0.2, 0.25) is 0 Å². The van der Waals surface area contributed by atoms with E-state index < -0.39 is 26.0 Å². The molecule has 2 heterocycles. The standard InChI is InChI=1S/C26H36N4O5S2/c1-19-16-20(2)25(21(3)17-19)37(34,35)30-11-5-6-22(18-30)26(31)27-23-7-9-24(10-8-23)36(32,33)29-14-12-28(4)13-15-29/h7-10,16-17,22H,5-6,11-15,18H2,1-4H3,(H,27,31). The highest BCUT2D eigenvalue weighted by Gasteiger charge is 2.35. The number of piperidine rings is 1. The van der Waals surface area contributed by atoms with Crippen LogP contribution in [0.25, 0.3) is 0 Å². The SMILES string of the molecule is Cc1cc(C)c(S(=O)(=O)N2CCCC(C(=O)Nc3ccc(S(=O)(=O)N4CCN(C)CC4)cc3)C2)c(C)c1. The number of anilines is 1. The van der Waals surface area contributed by atoms with Crippen LogP contribution in [-0.2, 0) is 24.8 Å². The van der Waals surface area contributed by atoms with Gasteiger partial charge in [-0.2, -0.15) is 8.61 Å². The van der Waals surface area contributed by atoms with Gasteiger partial charge in [0.2, 0.25) is 26.0 Å². The highest BCUT2D eigenvalue weighted by atomic mass is 32.2. The van der Waals surface area contributed by atoms with Crippen LogP contribution in [0.1, 0.15) is 29.5 Å². The van der Waals surface area contributed by atoms with Crippen LogP contribution in [0.15, 0.2) is 46.2 Å². The van der Waals surface area contributed by atoms with Gasteiger partial charge in [-0.3, -0.25) is 4.79 Å². The highest BCUT2D eigenvalue weighted by molar-refractivity contribution is 7.89. The van der Waals surface area contributed by atoms with E-state index in [1.165, 1.54) is 20.7 Å². The zero-order chi connectivity index (χ0) is 27.0. The van der Waals surface area contributed by atoms with Gasteiger partial charge in [-0.15, -0.1) is 0 Å². The van der Waals surface area contributed by atoms with Gasteiger partial charge in [0.1, 0.15) is 0 Å². The maximum Gasteiger partial charge on any atom is 0.243 e. The second-order valence-corrected chi connectivity index (χ2v) is 14.0. The zero-order valence-electron chi connectivity index (χ0n) is 21.9. The van der Waals surface area contributed by atoms with Gasteiger partial charge >= 0.3 is 0 Å². The van der Waals surface area contributed by atoms with Gasteiger partial charge < -0.3 is 10.2 Å². The Bertz CT molecular complexity index is 1340.